The molecule has 0 spiro atoms. The molecule has 0 bridgehead atoms. The highest BCUT2D eigenvalue weighted by molar-refractivity contribution is 5.87. The summed E-state index contributed by atoms with van der Waals surface area (Å²) in [5, 5.41) is 11.3. The van der Waals surface area contributed by atoms with Crippen molar-refractivity contribution in [3.63, 3.8) is 0 Å². The highest BCUT2D eigenvalue weighted by Crippen LogP contribution is 2.05. The fraction of sp³-hybridized carbons (Fsp3) is 0.357. The lowest BCUT2D eigenvalue weighted by molar-refractivity contribution is -0.127. The third kappa shape index (κ3) is 5.21. The zero-order valence-corrected chi connectivity index (χ0v) is 10.8. The fourth-order valence-corrected chi connectivity index (χ4v) is 1.68. The Balaban J connectivity index is 2.57. The van der Waals surface area contributed by atoms with Gasteiger partial charge in [0.1, 0.15) is 6.04 Å². The first-order chi connectivity index (χ1) is 9.02. The lowest BCUT2D eigenvalue weighted by Crippen LogP contribution is -2.45. The van der Waals surface area contributed by atoms with Crippen LogP contribution in [0.1, 0.15) is 18.9 Å². The molecule has 1 rings (SSSR count). The number of carbonyl (C=O) groups excluding carboxylic acids is 2. The molecule has 0 unspecified atom stereocenters. The molecule has 1 aromatic carbocycles. The molecule has 5 nitrogen and oxygen atoms in total. The second-order valence-corrected chi connectivity index (χ2v) is 4.45. The Morgan fingerprint density at radius 2 is 2.00 bits per heavy atom. The summed E-state index contributed by atoms with van der Waals surface area (Å²) in [6, 6.07) is 10.4. The van der Waals surface area contributed by atoms with Gasteiger partial charge in [0, 0.05) is 5.92 Å². The number of nitrogens with one attached hydrogen (secondary N) is 1. The summed E-state index contributed by atoms with van der Waals surface area (Å²) >= 11 is 0. The maximum absolute atomic E-state index is 11.8. The van der Waals surface area contributed by atoms with Crippen LogP contribution in [-0.2, 0) is 16.0 Å². The molecule has 0 aromatic heterocycles. The van der Waals surface area contributed by atoms with E-state index in [0.29, 0.717) is 0 Å². The molecule has 0 radical (unpaired) electrons. The predicted molar refractivity (Wildman–Crippen MR) is 70.7 cm³/mol. The van der Waals surface area contributed by atoms with Gasteiger partial charge < -0.3 is 11.1 Å². The van der Waals surface area contributed by atoms with Crippen molar-refractivity contribution in [1.82, 2.24) is 5.32 Å². The number of amides is 2. The first-order valence-electron chi connectivity index (χ1n) is 6.05. The smallest absolute Gasteiger partial charge is 0.240 e. The molecule has 0 aliphatic rings. The Morgan fingerprint density at radius 3 is 2.53 bits per heavy atom. The average Bonchev–Trinajstić information content (AvgIpc) is 2.38. The van der Waals surface area contributed by atoms with Crippen LogP contribution in [0.4, 0.5) is 0 Å². The van der Waals surface area contributed by atoms with Crippen LogP contribution in [-0.4, -0.2) is 17.9 Å². The summed E-state index contributed by atoms with van der Waals surface area (Å²) in [6.45, 7) is 1.68. The molecule has 19 heavy (non-hydrogen) atoms. The minimum absolute atomic E-state index is 0.186. The van der Waals surface area contributed by atoms with Gasteiger partial charge in [-0.05, 0) is 18.9 Å². The molecule has 1 aromatic rings. The van der Waals surface area contributed by atoms with E-state index in [-0.39, 0.29) is 24.7 Å². The normalized spacial score (nSPS) is 13.1. The second-order valence-electron chi connectivity index (χ2n) is 4.45. The highest BCUT2D eigenvalue weighted by atomic mass is 16.2. The first kappa shape index (κ1) is 14.7. The minimum Gasteiger partial charge on any atom is -0.368 e. The summed E-state index contributed by atoms with van der Waals surface area (Å²) in [7, 11) is 0. The summed E-state index contributed by atoms with van der Waals surface area (Å²) in [5.41, 5.74) is 6.08. The van der Waals surface area contributed by atoms with E-state index in [4.69, 9.17) is 11.0 Å². The van der Waals surface area contributed by atoms with Crippen LogP contribution in [0, 0.1) is 17.2 Å². The number of hydrogen-bond acceptors (Lipinski definition) is 3. The minimum atomic E-state index is -0.800. The Hall–Kier alpha value is -2.35. The largest absolute Gasteiger partial charge is 0.368 e. The SMILES string of the molecule is C[C@@H](C#N)C[C@H](NC(=O)Cc1ccccc1)C(N)=O. The number of hydrogen-bond donors (Lipinski definition) is 2. The number of carbonyl (C=O) groups is 2. The Morgan fingerprint density at radius 1 is 1.37 bits per heavy atom. The zero-order valence-electron chi connectivity index (χ0n) is 10.8. The van der Waals surface area contributed by atoms with Crippen LogP contribution in [0.2, 0.25) is 0 Å². The second kappa shape index (κ2) is 7.17. The van der Waals surface area contributed by atoms with Gasteiger partial charge in [-0.15, -0.1) is 0 Å². The van der Waals surface area contributed by atoms with Crippen LogP contribution in [0.25, 0.3) is 0 Å². The Labute approximate surface area is 112 Å². The summed E-state index contributed by atoms with van der Waals surface area (Å²) < 4.78 is 0. The van der Waals surface area contributed by atoms with E-state index in [0.717, 1.165) is 5.56 Å². The predicted octanol–water partition coefficient (Wildman–Crippen LogP) is 0.749. The molecule has 3 N–H and O–H groups in total. The van der Waals surface area contributed by atoms with E-state index < -0.39 is 11.9 Å². The average molecular weight is 259 g/mol. The van der Waals surface area contributed by atoms with Gasteiger partial charge in [-0.2, -0.15) is 5.26 Å². The van der Waals surface area contributed by atoms with E-state index in [1.54, 1.807) is 6.92 Å². The molecule has 5 heteroatoms. The van der Waals surface area contributed by atoms with E-state index in [9.17, 15) is 9.59 Å². The molecule has 0 saturated carbocycles. The van der Waals surface area contributed by atoms with Crippen molar-refractivity contribution in [3.8, 4) is 6.07 Å². The van der Waals surface area contributed by atoms with Crippen molar-refractivity contribution in [2.45, 2.75) is 25.8 Å². The number of rotatable bonds is 6. The van der Waals surface area contributed by atoms with Crippen LogP contribution in [0.5, 0.6) is 0 Å². The molecule has 0 aliphatic heterocycles. The van der Waals surface area contributed by atoms with Gasteiger partial charge in [-0.1, -0.05) is 30.3 Å². The Kier molecular flexibility index (Phi) is 5.55. The fourth-order valence-electron chi connectivity index (χ4n) is 1.68. The van der Waals surface area contributed by atoms with Crippen LogP contribution >= 0.6 is 0 Å². The molecule has 2 atom stereocenters. The van der Waals surface area contributed by atoms with Gasteiger partial charge in [0.2, 0.25) is 11.8 Å². The zero-order chi connectivity index (χ0) is 14.3. The number of nitriles is 1. The summed E-state index contributed by atoms with van der Waals surface area (Å²) in [5.74, 6) is -1.24. The molecule has 100 valence electrons. The van der Waals surface area contributed by atoms with Crippen molar-refractivity contribution in [2.24, 2.45) is 11.7 Å². The van der Waals surface area contributed by atoms with E-state index in [1.807, 2.05) is 36.4 Å². The molecule has 0 saturated heterocycles. The number of primary amides is 1. The van der Waals surface area contributed by atoms with E-state index in [2.05, 4.69) is 5.32 Å². The maximum atomic E-state index is 11.8. The van der Waals surface area contributed by atoms with Crippen molar-refractivity contribution in [2.75, 3.05) is 0 Å². The van der Waals surface area contributed by atoms with Crippen molar-refractivity contribution in [1.29, 1.82) is 5.26 Å². The van der Waals surface area contributed by atoms with Gasteiger partial charge in [-0.3, -0.25) is 9.59 Å². The highest BCUT2D eigenvalue weighted by Gasteiger charge is 2.20. The van der Waals surface area contributed by atoms with E-state index in [1.165, 1.54) is 0 Å². The van der Waals surface area contributed by atoms with Gasteiger partial charge in [0.15, 0.2) is 0 Å². The third-order valence-electron chi connectivity index (χ3n) is 2.70. The topological polar surface area (TPSA) is 96.0 Å². The standard InChI is InChI=1S/C14H17N3O2/c1-10(9-15)7-12(14(16)19)17-13(18)8-11-5-3-2-4-6-11/h2-6,10,12H,7-8H2,1H3,(H2,16,19)(H,17,18)/t10-,12+/m1/s1. The number of nitrogens with two attached hydrogens (primary N) is 1. The lowest BCUT2D eigenvalue weighted by Gasteiger charge is -2.16. The van der Waals surface area contributed by atoms with Gasteiger partial charge in [-0.25, -0.2) is 0 Å². The number of nitrogens with zero attached hydrogens (tertiary/aromatic N) is 1. The lowest BCUT2D eigenvalue weighted by atomic mass is 10.0. The Bertz CT molecular complexity index is 479. The van der Waals surface area contributed by atoms with Crippen molar-refractivity contribution < 1.29 is 9.59 Å². The van der Waals surface area contributed by atoms with Gasteiger partial charge in [0.25, 0.3) is 0 Å². The van der Waals surface area contributed by atoms with Crippen LogP contribution < -0.4 is 11.1 Å². The van der Waals surface area contributed by atoms with E-state index >= 15 is 0 Å². The molecular weight excluding hydrogens is 242 g/mol. The monoisotopic (exact) mass is 259 g/mol. The summed E-state index contributed by atoms with van der Waals surface area (Å²) in [6.07, 6.45) is 0.415. The summed E-state index contributed by atoms with van der Waals surface area (Å²) in [4.78, 5) is 23.0. The van der Waals surface area contributed by atoms with Gasteiger partial charge >= 0.3 is 0 Å². The molecule has 0 aliphatic carbocycles. The molecule has 0 fully saturated rings. The van der Waals surface area contributed by atoms with Crippen molar-refractivity contribution >= 4 is 11.8 Å². The molecule has 2 amide bonds. The molecular formula is C14H17N3O2. The van der Waals surface area contributed by atoms with Gasteiger partial charge in [0.05, 0.1) is 12.5 Å². The third-order valence-corrected chi connectivity index (χ3v) is 2.70. The molecule has 0 heterocycles. The first-order valence-corrected chi connectivity index (χ1v) is 6.05. The quantitative estimate of drug-likeness (QED) is 0.789. The number of benzene rings is 1. The maximum Gasteiger partial charge on any atom is 0.240 e. The van der Waals surface area contributed by atoms with Crippen LogP contribution in [0.3, 0.4) is 0 Å². The van der Waals surface area contributed by atoms with Crippen molar-refractivity contribution in [3.05, 3.63) is 35.9 Å². The van der Waals surface area contributed by atoms with Crippen LogP contribution in [0.15, 0.2) is 30.3 Å².